The van der Waals surface area contributed by atoms with Gasteiger partial charge in [0.15, 0.2) is 5.96 Å². The summed E-state index contributed by atoms with van der Waals surface area (Å²) in [5, 5.41) is 6.29. The van der Waals surface area contributed by atoms with Crippen LogP contribution < -0.4 is 10.6 Å². The van der Waals surface area contributed by atoms with Gasteiger partial charge in [-0.1, -0.05) is 6.92 Å². The molecular weight excluding hydrogens is 415 g/mol. The summed E-state index contributed by atoms with van der Waals surface area (Å²) < 4.78 is 31.9. The quantitative estimate of drug-likeness (QED) is 0.407. The monoisotopic (exact) mass is 439 g/mol. The van der Waals surface area contributed by atoms with Gasteiger partial charge < -0.3 is 15.4 Å². The fourth-order valence-electron chi connectivity index (χ4n) is 2.20. The Hall–Kier alpha value is -0.960. The fourth-order valence-corrected chi connectivity index (χ4v) is 2.20. The van der Waals surface area contributed by atoms with E-state index in [9.17, 15) is 8.78 Å². The zero-order valence-corrected chi connectivity index (χ0v) is 15.8. The van der Waals surface area contributed by atoms with Crippen LogP contribution in [0.1, 0.15) is 19.4 Å². The van der Waals surface area contributed by atoms with Crippen molar-refractivity contribution in [1.29, 1.82) is 0 Å². The maximum absolute atomic E-state index is 13.5. The third-order valence-electron chi connectivity index (χ3n) is 3.56. The van der Waals surface area contributed by atoms with Crippen LogP contribution in [0.4, 0.5) is 8.78 Å². The summed E-state index contributed by atoms with van der Waals surface area (Å²) >= 11 is 0. The minimum Gasteiger partial charge on any atom is -0.380 e. The van der Waals surface area contributed by atoms with Crippen molar-refractivity contribution in [2.45, 2.75) is 20.3 Å². The first-order chi connectivity index (χ1) is 10.5. The van der Waals surface area contributed by atoms with Gasteiger partial charge in [-0.25, -0.2) is 8.78 Å². The number of ether oxygens (including phenoxy) is 1. The normalized spacial score (nSPS) is 16.3. The van der Waals surface area contributed by atoms with Gasteiger partial charge in [-0.05, 0) is 37.1 Å². The van der Waals surface area contributed by atoms with Gasteiger partial charge in [-0.2, -0.15) is 0 Å². The van der Waals surface area contributed by atoms with Crippen molar-refractivity contribution in [3.8, 4) is 0 Å². The van der Waals surface area contributed by atoms with E-state index >= 15 is 0 Å². The van der Waals surface area contributed by atoms with Gasteiger partial charge in [0.1, 0.15) is 11.6 Å². The number of halogens is 3. The number of aliphatic imine (C=N–C) groups is 1. The lowest BCUT2D eigenvalue weighted by molar-refractivity contribution is -0.0945. The lowest BCUT2D eigenvalue weighted by Crippen LogP contribution is -2.44. The van der Waals surface area contributed by atoms with Crippen molar-refractivity contribution in [3.63, 3.8) is 0 Å². The molecule has 0 amide bonds. The van der Waals surface area contributed by atoms with E-state index in [-0.39, 0.29) is 35.2 Å². The van der Waals surface area contributed by atoms with Gasteiger partial charge in [0.05, 0.1) is 19.8 Å². The Bertz CT molecular complexity index is 536. The van der Waals surface area contributed by atoms with Crippen molar-refractivity contribution in [3.05, 3.63) is 35.4 Å². The van der Waals surface area contributed by atoms with Crippen molar-refractivity contribution in [2.75, 3.05) is 32.8 Å². The standard InChI is InChI=1S/C16H23F2N3O.HI/c1-3-19-15(21-9-16(2)10-22-11-16)20-7-6-12-8-13(17)4-5-14(12)18;/h4-5,8H,3,6-7,9-11H2,1-2H3,(H2,19,20,21);1H. The predicted molar refractivity (Wildman–Crippen MR) is 98.4 cm³/mol. The van der Waals surface area contributed by atoms with E-state index in [0.717, 1.165) is 31.9 Å². The molecule has 1 fully saturated rings. The molecule has 2 rings (SSSR count). The molecule has 7 heteroatoms. The first-order valence-electron chi connectivity index (χ1n) is 7.56. The number of nitrogens with one attached hydrogen (secondary N) is 2. The Morgan fingerprint density at radius 1 is 1.30 bits per heavy atom. The highest BCUT2D eigenvalue weighted by molar-refractivity contribution is 14.0. The second-order valence-corrected chi connectivity index (χ2v) is 5.91. The lowest BCUT2D eigenvalue weighted by atomic mass is 9.89. The summed E-state index contributed by atoms with van der Waals surface area (Å²) in [7, 11) is 0. The molecule has 0 radical (unpaired) electrons. The summed E-state index contributed by atoms with van der Waals surface area (Å²) in [5.74, 6) is -0.119. The van der Waals surface area contributed by atoms with Crippen LogP contribution in [0.2, 0.25) is 0 Å². The highest BCUT2D eigenvalue weighted by atomic mass is 127. The van der Waals surface area contributed by atoms with Crippen LogP contribution in [-0.4, -0.2) is 38.8 Å². The topological polar surface area (TPSA) is 45.7 Å². The van der Waals surface area contributed by atoms with Crippen LogP contribution in [0.3, 0.4) is 0 Å². The number of benzene rings is 1. The smallest absolute Gasteiger partial charge is 0.191 e. The molecule has 1 aromatic carbocycles. The van der Waals surface area contributed by atoms with Crippen LogP contribution in [0.5, 0.6) is 0 Å². The lowest BCUT2D eigenvalue weighted by Gasteiger charge is -2.36. The Morgan fingerprint density at radius 3 is 2.65 bits per heavy atom. The summed E-state index contributed by atoms with van der Waals surface area (Å²) in [5.41, 5.74) is 0.472. The first-order valence-corrected chi connectivity index (χ1v) is 7.56. The van der Waals surface area contributed by atoms with E-state index in [1.54, 1.807) is 0 Å². The van der Waals surface area contributed by atoms with Crippen molar-refractivity contribution in [1.82, 2.24) is 10.6 Å². The van der Waals surface area contributed by atoms with Gasteiger partial charge in [0, 0.05) is 18.5 Å². The van der Waals surface area contributed by atoms with E-state index in [1.807, 2.05) is 6.92 Å². The zero-order valence-electron chi connectivity index (χ0n) is 13.5. The van der Waals surface area contributed by atoms with E-state index in [1.165, 1.54) is 6.07 Å². The Kier molecular flexibility index (Phi) is 8.18. The molecule has 4 nitrogen and oxygen atoms in total. The van der Waals surface area contributed by atoms with Crippen molar-refractivity contribution < 1.29 is 13.5 Å². The predicted octanol–water partition coefficient (Wildman–Crippen LogP) is 2.72. The maximum Gasteiger partial charge on any atom is 0.191 e. The van der Waals surface area contributed by atoms with Gasteiger partial charge in [-0.3, -0.25) is 4.99 Å². The van der Waals surface area contributed by atoms with Crippen LogP contribution >= 0.6 is 24.0 Å². The minimum atomic E-state index is -0.421. The van der Waals surface area contributed by atoms with Gasteiger partial charge in [-0.15, -0.1) is 24.0 Å². The van der Waals surface area contributed by atoms with Gasteiger partial charge in [0.2, 0.25) is 0 Å². The molecule has 0 atom stereocenters. The number of guanidine groups is 1. The Balaban J connectivity index is 0.00000264. The Morgan fingerprint density at radius 2 is 2.04 bits per heavy atom. The van der Waals surface area contributed by atoms with Crippen molar-refractivity contribution in [2.24, 2.45) is 10.4 Å². The van der Waals surface area contributed by atoms with E-state index < -0.39 is 5.82 Å². The molecule has 1 heterocycles. The van der Waals surface area contributed by atoms with E-state index in [0.29, 0.717) is 31.0 Å². The molecule has 0 aliphatic carbocycles. The molecule has 1 aromatic rings. The largest absolute Gasteiger partial charge is 0.380 e. The molecular formula is C16H24F2IN3O. The van der Waals surface area contributed by atoms with Gasteiger partial charge in [0.25, 0.3) is 0 Å². The molecule has 2 N–H and O–H groups in total. The van der Waals surface area contributed by atoms with Crippen LogP contribution in [0.15, 0.2) is 23.2 Å². The highest BCUT2D eigenvalue weighted by Crippen LogP contribution is 2.26. The summed E-state index contributed by atoms with van der Waals surface area (Å²) in [6, 6.07) is 3.51. The SMILES string of the molecule is CCNC(=NCC1(C)COC1)NCCc1cc(F)ccc1F.I. The molecule has 0 aromatic heterocycles. The average molecular weight is 439 g/mol. The number of nitrogens with zero attached hydrogens (tertiary/aromatic N) is 1. The summed E-state index contributed by atoms with van der Waals surface area (Å²) in [6.07, 6.45) is 0.397. The average Bonchev–Trinajstić information content (AvgIpc) is 2.46. The maximum atomic E-state index is 13.5. The molecule has 1 aliphatic heterocycles. The van der Waals surface area contributed by atoms with Crippen LogP contribution in [-0.2, 0) is 11.2 Å². The fraction of sp³-hybridized carbons (Fsp3) is 0.562. The minimum absolute atomic E-state index is 0. The number of hydrogen-bond donors (Lipinski definition) is 2. The molecule has 1 aliphatic rings. The molecule has 0 spiro atoms. The Labute approximate surface area is 153 Å². The zero-order chi connectivity index (χ0) is 16.0. The summed E-state index contributed by atoms with van der Waals surface area (Å²) in [6.45, 7) is 7.47. The molecule has 23 heavy (non-hydrogen) atoms. The van der Waals surface area contributed by atoms with Crippen LogP contribution in [0.25, 0.3) is 0 Å². The second-order valence-electron chi connectivity index (χ2n) is 5.91. The summed E-state index contributed by atoms with van der Waals surface area (Å²) in [4.78, 5) is 4.52. The number of rotatable bonds is 6. The second kappa shape index (κ2) is 9.36. The van der Waals surface area contributed by atoms with Gasteiger partial charge >= 0.3 is 0 Å². The third-order valence-corrected chi connectivity index (χ3v) is 3.56. The molecule has 0 saturated carbocycles. The number of hydrogen-bond acceptors (Lipinski definition) is 2. The van der Waals surface area contributed by atoms with Crippen LogP contribution in [0, 0.1) is 17.0 Å². The molecule has 1 saturated heterocycles. The highest BCUT2D eigenvalue weighted by Gasteiger charge is 2.33. The van der Waals surface area contributed by atoms with Crippen molar-refractivity contribution >= 4 is 29.9 Å². The molecule has 0 bridgehead atoms. The first kappa shape index (κ1) is 20.1. The molecule has 130 valence electrons. The van der Waals surface area contributed by atoms with E-state index in [2.05, 4.69) is 22.5 Å². The third kappa shape index (κ3) is 6.21. The van der Waals surface area contributed by atoms with E-state index in [4.69, 9.17) is 4.74 Å². The molecule has 0 unspecified atom stereocenters.